The molecule has 1 aliphatic rings. The smallest absolute Gasteiger partial charge is 0.290 e. The van der Waals surface area contributed by atoms with Crippen molar-refractivity contribution < 1.29 is 18.7 Å². The average molecular weight is 467 g/mol. The van der Waals surface area contributed by atoms with Gasteiger partial charge in [0, 0.05) is 18.0 Å². The number of thiophene rings is 1. The van der Waals surface area contributed by atoms with Crippen LogP contribution in [0.2, 0.25) is 0 Å². The zero-order chi connectivity index (χ0) is 23.4. The fourth-order valence-corrected chi connectivity index (χ4v) is 5.16. The molecule has 6 nitrogen and oxygen atoms in total. The maximum absolute atomic E-state index is 13.5. The van der Waals surface area contributed by atoms with Gasteiger partial charge < -0.3 is 19.0 Å². The number of aryl methyl sites for hydroxylation is 1. The number of benzene rings is 1. The van der Waals surface area contributed by atoms with Crippen LogP contribution in [0.1, 0.15) is 46.4 Å². The van der Waals surface area contributed by atoms with Crippen molar-refractivity contribution >= 4 is 23.2 Å². The zero-order valence-corrected chi connectivity index (χ0v) is 20.1. The number of hydrogen-bond donors (Lipinski definition) is 0. The second-order valence-corrected chi connectivity index (χ2v) is 9.79. The summed E-state index contributed by atoms with van der Waals surface area (Å²) in [6.45, 7) is 7.55. The molecule has 1 aromatic carbocycles. The fraction of sp³-hybridized carbons (Fsp3) is 0.385. The number of furan rings is 1. The Bertz CT molecular complexity index is 1090. The molecule has 2 aromatic heterocycles. The molecule has 0 saturated heterocycles. The Kier molecular flexibility index (Phi) is 7.18. The van der Waals surface area contributed by atoms with Gasteiger partial charge in [-0.1, -0.05) is 32.0 Å². The highest BCUT2D eigenvalue weighted by Gasteiger charge is 2.34. The van der Waals surface area contributed by atoms with Crippen molar-refractivity contribution in [2.45, 2.75) is 33.2 Å². The predicted molar refractivity (Wildman–Crippen MR) is 129 cm³/mol. The molecular formula is C26H30N2O4S. The van der Waals surface area contributed by atoms with Gasteiger partial charge >= 0.3 is 0 Å². The van der Waals surface area contributed by atoms with E-state index in [1.165, 1.54) is 11.1 Å². The van der Waals surface area contributed by atoms with Crippen molar-refractivity contribution in [2.24, 2.45) is 5.92 Å². The van der Waals surface area contributed by atoms with Crippen LogP contribution >= 0.6 is 11.3 Å². The third-order valence-corrected chi connectivity index (χ3v) is 6.83. The Balaban J connectivity index is 1.53. The van der Waals surface area contributed by atoms with Crippen LogP contribution in [0.5, 0.6) is 5.75 Å². The van der Waals surface area contributed by atoms with Crippen molar-refractivity contribution in [3.8, 4) is 5.75 Å². The van der Waals surface area contributed by atoms with E-state index in [2.05, 4.69) is 11.4 Å². The van der Waals surface area contributed by atoms with Crippen LogP contribution in [-0.4, -0.2) is 47.9 Å². The molecule has 3 aromatic rings. The molecule has 0 aliphatic carbocycles. The quantitative estimate of drug-likeness (QED) is 0.471. The molecule has 1 aliphatic heterocycles. The molecule has 0 unspecified atom stereocenters. The summed E-state index contributed by atoms with van der Waals surface area (Å²) < 4.78 is 11.5. The van der Waals surface area contributed by atoms with Crippen molar-refractivity contribution in [3.05, 3.63) is 75.9 Å². The van der Waals surface area contributed by atoms with Gasteiger partial charge in [-0.05, 0) is 60.0 Å². The van der Waals surface area contributed by atoms with Crippen LogP contribution in [0.3, 0.4) is 0 Å². The number of hydrogen-bond acceptors (Lipinski definition) is 5. The monoisotopic (exact) mass is 466 g/mol. The molecule has 1 atom stereocenters. The van der Waals surface area contributed by atoms with Crippen LogP contribution < -0.4 is 4.74 Å². The van der Waals surface area contributed by atoms with Gasteiger partial charge in [0.15, 0.2) is 5.76 Å². The topological polar surface area (TPSA) is 63.0 Å². The lowest BCUT2D eigenvalue weighted by Crippen LogP contribution is -2.48. The Morgan fingerprint density at radius 3 is 2.76 bits per heavy atom. The second-order valence-electron chi connectivity index (χ2n) is 8.79. The van der Waals surface area contributed by atoms with Crippen LogP contribution in [0.15, 0.2) is 58.5 Å². The third-order valence-electron chi connectivity index (χ3n) is 5.84. The minimum absolute atomic E-state index is 0.0120. The molecule has 0 saturated carbocycles. The van der Waals surface area contributed by atoms with Gasteiger partial charge in [0.2, 0.25) is 5.91 Å². The first-order valence-corrected chi connectivity index (χ1v) is 12.2. The number of ether oxygens (including phenoxy) is 1. The van der Waals surface area contributed by atoms with Crippen LogP contribution in [-0.2, 0) is 11.2 Å². The summed E-state index contributed by atoms with van der Waals surface area (Å²) >= 11 is 1.72. The summed E-state index contributed by atoms with van der Waals surface area (Å²) in [5.74, 6) is 0.957. The van der Waals surface area contributed by atoms with E-state index in [0.29, 0.717) is 19.7 Å². The summed E-state index contributed by atoms with van der Waals surface area (Å²) in [4.78, 5) is 31.3. The molecule has 4 rings (SSSR count). The molecule has 174 valence electrons. The van der Waals surface area contributed by atoms with Crippen molar-refractivity contribution in [3.63, 3.8) is 0 Å². The number of carbonyl (C=O) groups excluding carboxylic acids is 2. The van der Waals surface area contributed by atoms with Crippen molar-refractivity contribution in [2.75, 3.05) is 26.2 Å². The van der Waals surface area contributed by atoms with E-state index in [-0.39, 0.29) is 36.1 Å². The molecular weight excluding hydrogens is 436 g/mol. The molecule has 0 N–H and O–H groups in total. The maximum atomic E-state index is 13.5. The van der Waals surface area contributed by atoms with Gasteiger partial charge in [-0.25, -0.2) is 0 Å². The first kappa shape index (κ1) is 23.1. The highest BCUT2D eigenvalue weighted by atomic mass is 32.1. The summed E-state index contributed by atoms with van der Waals surface area (Å²) in [5.41, 5.74) is 2.20. The highest BCUT2D eigenvalue weighted by molar-refractivity contribution is 7.10. The molecule has 0 spiro atoms. The van der Waals surface area contributed by atoms with Gasteiger partial charge in [-0.2, -0.15) is 0 Å². The SMILES string of the molecule is Cc1ccccc1OC[C@H]1c2ccsc2CCN1C(=O)CN(CC(C)C)C(=O)c1ccco1. The molecule has 33 heavy (non-hydrogen) atoms. The minimum atomic E-state index is -0.261. The normalized spacial score (nSPS) is 15.4. The van der Waals surface area contributed by atoms with E-state index in [0.717, 1.165) is 23.3 Å². The van der Waals surface area contributed by atoms with E-state index >= 15 is 0 Å². The minimum Gasteiger partial charge on any atom is -0.491 e. The first-order valence-electron chi connectivity index (χ1n) is 11.3. The Labute approximate surface area is 198 Å². The molecule has 0 bridgehead atoms. The summed E-state index contributed by atoms with van der Waals surface area (Å²) in [5, 5.41) is 2.07. The Morgan fingerprint density at radius 1 is 1.21 bits per heavy atom. The number of rotatable bonds is 8. The number of para-hydroxylation sites is 1. The molecule has 2 amide bonds. The standard InChI is InChI=1S/C26H30N2O4S/c1-18(2)15-27(26(30)23-9-6-13-31-23)16-25(29)28-12-10-24-20(11-14-33-24)21(28)17-32-22-8-5-4-7-19(22)3/h4-9,11,13-14,18,21H,10,12,15-17H2,1-3H3/t21-/m0/s1. The van der Waals surface area contributed by atoms with E-state index in [9.17, 15) is 9.59 Å². The van der Waals surface area contributed by atoms with Gasteiger partial charge in [0.05, 0.1) is 12.3 Å². The Morgan fingerprint density at radius 2 is 2.03 bits per heavy atom. The zero-order valence-electron chi connectivity index (χ0n) is 19.3. The van der Waals surface area contributed by atoms with Gasteiger partial charge in [0.1, 0.15) is 18.9 Å². The average Bonchev–Trinajstić information content (AvgIpc) is 3.49. The molecule has 0 fully saturated rings. The number of amides is 2. The van der Waals surface area contributed by atoms with Gasteiger partial charge in [-0.15, -0.1) is 11.3 Å². The van der Waals surface area contributed by atoms with E-state index < -0.39 is 0 Å². The van der Waals surface area contributed by atoms with E-state index in [1.54, 1.807) is 28.4 Å². The lowest BCUT2D eigenvalue weighted by atomic mass is 10.00. The van der Waals surface area contributed by atoms with Crippen molar-refractivity contribution in [1.29, 1.82) is 0 Å². The molecule has 3 heterocycles. The Hall–Kier alpha value is -3.06. The van der Waals surface area contributed by atoms with Crippen LogP contribution in [0.25, 0.3) is 0 Å². The van der Waals surface area contributed by atoms with Crippen LogP contribution in [0, 0.1) is 12.8 Å². The van der Waals surface area contributed by atoms with Crippen molar-refractivity contribution in [1.82, 2.24) is 9.80 Å². The lowest BCUT2D eigenvalue weighted by Gasteiger charge is -2.37. The first-order chi connectivity index (χ1) is 15.9. The second kappa shape index (κ2) is 10.3. The summed E-state index contributed by atoms with van der Waals surface area (Å²) in [6, 6.07) is 13.1. The predicted octanol–water partition coefficient (Wildman–Crippen LogP) is 4.95. The molecule has 7 heteroatoms. The fourth-order valence-electron chi connectivity index (χ4n) is 4.23. The highest BCUT2D eigenvalue weighted by Crippen LogP contribution is 2.34. The maximum Gasteiger partial charge on any atom is 0.290 e. The summed E-state index contributed by atoms with van der Waals surface area (Å²) in [7, 11) is 0. The lowest BCUT2D eigenvalue weighted by molar-refractivity contribution is -0.135. The number of nitrogens with zero attached hydrogens (tertiary/aromatic N) is 2. The largest absolute Gasteiger partial charge is 0.491 e. The number of fused-ring (bicyclic) bond motifs is 1. The summed E-state index contributed by atoms with van der Waals surface area (Å²) in [6.07, 6.45) is 2.29. The van der Waals surface area contributed by atoms with Gasteiger partial charge in [-0.3, -0.25) is 9.59 Å². The van der Waals surface area contributed by atoms with Crippen LogP contribution in [0.4, 0.5) is 0 Å². The van der Waals surface area contributed by atoms with E-state index in [4.69, 9.17) is 9.15 Å². The number of carbonyl (C=O) groups is 2. The van der Waals surface area contributed by atoms with E-state index in [1.807, 2.05) is 49.9 Å². The molecule has 0 radical (unpaired) electrons. The third kappa shape index (κ3) is 5.30. The van der Waals surface area contributed by atoms with Gasteiger partial charge in [0.25, 0.3) is 5.91 Å².